The van der Waals surface area contributed by atoms with E-state index in [1.807, 2.05) is 0 Å². The summed E-state index contributed by atoms with van der Waals surface area (Å²) in [7, 11) is 0. The molecule has 0 aliphatic rings. The summed E-state index contributed by atoms with van der Waals surface area (Å²) in [5.41, 5.74) is 5.32. The fourth-order valence-electron chi connectivity index (χ4n) is 1.05. The molecule has 78 valence electrons. The van der Waals surface area contributed by atoms with Gasteiger partial charge in [0, 0.05) is 17.7 Å². The number of nitrogens with zero attached hydrogens (tertiary/aromatic N) is 1. The van der Waals surface area contributed by atoms with Crippen LogP contribution in [0.15, 0.2) is 6.07 Å². The molecule has 0 radical (unpaired) electrons. The van der Waals surface area contributed by atoms with Gasteiger partial charge in [-0.15, -0.1) is 0 Å². The minimum Gasteiger partial charge on any atom is -0.392 e. The first-order valence-electron chi connectivity index (χ1n) is 3.87. The summed E-state index contributed by atoms with van der Waals surface area (Å²) in [5, 5.41) is 8.78. The van der Waals surface area contributed by atoms with E-state index in [9.17, 15) is 8.78 Å². The van der Waals surface area contributed by atoms with Crippen molar-refractivity contribution in [3.05, 3.63) is 28.0 Å². The molecule has 3 nitrogen and oxygen atoms in total. The maximum Gasteiger partial charge on any atom is 0.280 e. The molecule has 3 N–H and O–H groups in total. The maximum atomic E-state index is 12.4. The number of pyridine rings is 1. The van der Waals surface area contributed by atoms with Crippen LogP contribution in [0.3, 0.4) is 0 Å². The Morgan fingerprint density at radius 3 is 2.57 bits per heavy atom. The van der Waals surface area contributed by atoms with Gasteiger partial charge in [-0.25, -0.2) is 13.8 Å². The van der Waals surface area contributed by atoms with Gasteiger partial charge in [0.25, 0.3) is 6.43 Å². The molecule has 6 heteroatoms. The van der Waals surface area contributed by atoms with Gasteiger partial charge >= 0.3 is 0 Å². The lowest BCUT2D eigenvalue weighted by atomic mass is 10.1. The van der Waals surface area contributed by atoms with Gasteiger partial charge in [-0.1, -0.05) is 11.6 Å². The van der Waals surface area contributed by atoms with Gasteiger partial charge in [-0.05, 0) is 6.07 Å². The van der Waals surface area contributed by atoms with Crippen LogP contribution in [0.5, 0.6) is 0 Å². The van der Waals surface area contributed by atoms with E-state index in [0.29, 0.717) is 5.56 Å². The zero-order valence-corrected chi connectivity index (χ0v) is 7.93. The standard InChI is InChI=1S/C8H9ClF2N2O/c9-7-4(2-12)1-5(3-14)6(13-7)8(10)11/h1,8,14H,2-3,12H2. The van der Waals surface area contributed by atoms with Crippen LogP contribution < -0.4 is 5.73 Å². The zero-order valence-electron chi connectivity index (χ0n) is 7.17. The molecule has 0 atom stereocenters. The zero-order chi connectivity index (χ0) is 10.7. The van der Waals surface area contributed by atoms with Crippen LogP contribution >= 0.6 is 11.6 Å². The van der Waals surface area contributed by atoms with Crippen molar-refractivity contribution in [1.29, 1.82) is 0 Å². The number of nitrogens with two attached hydrogens (primary N) is 1. The maximum absolute atomic E-state index is 12.4. The Labute approximate surface area is 84.5 Å². The first-order valence-corrected chi connectivity index (χ1v) is 4.25. The van der Waals surface area contributed by atoms with Gasteiger partial charge in [-0.2, -0.15) is 0 Å². The molecule has 0 saturated carbocycles. The normalized spacial score (nSPS) is 11.0. The number of alkyl halides is 2. The van der Waals surface area contributed by atoms with Gasteiger partial charge in [0.2, 0.25) is 0 Å². The first-order chi connectivity index (χ1) is 6.60. The molecular weight excluding hydrogens is 214 g/mol. The molecular formula is C8H9ClF2N2O. The van der Waals surface area contributed by atoms with Crippen LogP contribution in [0.2, 0.25) is 5.15 Å². The Balaban J connectivity index is 3.24. The van der Waals surface area contributed by atoms with Crippen molar-refractivity contribution in [1.82, 2.24) is 4.98 Å². The van der Waals surface area contributed by atoms with Crippen LogP contribution in [-0.4, -0.2) is 10.1 Å². The summed E-state index contributed by atoms with van der Waals surface area (Å²) in [6.45, 7) is -0.404. The summed E-state index contributed by atoms with van der Waals surface area (Å²) < 4.78 is 24.7. The summed E-state index contributed by atoms with van der Waals surface area (Å²) in [5.74, 6) is 0. The molecule has 0 unspecified atom stereocenters. The Kier molecular flexibility index (Phi) is 3.74. The Morgan fingerprint density at radius 1 is 1.50 bits per heavy atom. The molecule has 0 spiro atoms. The van der Waals surface area contributed by atoms with Crippen LogP contribution in [0.4, 0.5) is 8.78 Å². The van der Waals surface area contributed by atoms with Gasteiger partial charge in [-0.3, -0.25) is 0 Å². The van der Waals surface area contributed by atoms with E-state index in [0.717, 1.165) is 0 Å². The van der Waals surface area contributed by atoms with E-state index in [1.165, 1.54) is 6.07 Å². The minimum absolute atomic E-state index is 0.0417. The molecule has 1 rings (SSSR count). The van der Waals surface area contributed by atoms with Crippen molar-refractivity contribution in [2.45, 2.75) is 19.6 Å². The molecule has 0 aromatic carbocycles. The summed E-state index contributed by atoms with van der Waals surface area (Å²) >= 11 is 5.60. The predicted octanol–water partition coefficient (Wildman–Crippen LogP) is 1.62. The average molecular weight is 223 g/mol. The monoisotopic (exact) mass is 222 g/mol. The highest BCUT2D eigenvalue weighted by molar-refractivity contribution is 6.30. The Hall–Kier alpha value is -0.780. The number of hydrogen-bond acceptors (Lipinski definition) is 3. The van der Waals surface area contributed by atoms with Crippen molar-refractivity contribution >= 4 is 11.6 Å². The van der Waals surface area contributed by atoms with E-state index >= 15 is 0 Å². The highest BCUT2D eigenvalue weighted by Crippen LogP contribution is 2.25. The van der Waals surface area contributed by atoms with Gasteiger partial charge in [0.05, 0.1) is 6.61 Å². The second-order valence-corrected chi connectivity index (χ2v) is 3.00. The van der Waals surface area contributed by atoms with Gasteiger partial charge in [0.1, 0.15) is 10.8 Å². The quantitative estimate of drug-likeness (QED) is 0.765. The van der Waals surface area contributed by atoms with Gasteiger partial charge < -0.3 is 10.8 Å². The first kappa shape index (κ1) is 11.3. The van der Waals surface area contributed by atoms with Crippen LogP contribution in [0.1, 0.15) is 23.2 Å². The second-order valence-electron chi connectivity index (χ2n) is 2.65. The molecule has 0 fully saturated rings. The lowest BCUT2D eigenvalue weighted by Crippen LogP contribution is -2.05. The summed E-state index contributed by atoms with van der Waals surface area (Å²) in [6, 6.07) is 1.34. The lowest BCUT2D eigenvalue weighted by Gasteiger charge is -2.08. The van der Waals surface area contributed by atoms with Crippen molar-refractivity contribution < 1.29 is 13.9 Å². The van der Waals surface area contributed by atoms with Crippen molar-refractivity contribution in [3.8, 4) is 0 Å². The van der Waals surface area contributed by atoms with Crippen molar-refractivity contribution in [3.63, 3.8) is 0 Å². The molecule has 0 bridgehead atoms. The Morgan fingerprint density at radius 2 is 2.14 bits per heavy atom. The molecule has 14 heavy (non-hydrogen) atoms. The fraction of sp³-hybridized carbons (Fsp3) is 0.375. The van der Waals surface area contributed by atoms with E-state index in [4.69, 9.17) is 22.4 Å². The van der Waals surface area contributed by atoms with Crippen LogP contribution in [0.25, 0.3) is 0 Å². The third-order valence-corrected chi connectivity index (χ3v) is 2.09. The smallest absolute Gasteiger partial charge is 0.280 e. The van der Waals surface area contributed by atoms with E-state index in [-0.39, 0.29) is 17.3 Å². The SMILES string of the molecule is NCc1cc(CO)c(C(F)F)nc1Cl. The predicted molar refractivity (Wildman–Crippen MR) is 48.0 cm³/mol. The van der Waals surface area contributed by atoms with Crippen molar-refractivity contribution in [2.24, 2.45) is 5.73 Å². The second kappa shape index (κ2) is 4.63. The summed E-state index contributed by atoms with van der Waals surface area (Å²) in [6.07, 6.45) is -2.75. The number of rotatable bonds is 3. The highest BCUT2D eigenvalue weighted by atomic mass is 35.5. The molecule has 0 aliphatic heterocycles. The molecule has 0 amide bonds. The Bertz CT molecular complexity index is 333. The highest BCUT2D eigenvalue weighted by Gasteiger charge is 2.16. The number of aliphatic hydroxyl groups is 1. The lowest BCUT2D eigenvalue weighted by molar-refractivity contribution is 0.141. The molecule has 0 saturated heterocycles. The number of aliphatic hydroxyl groups excluding tert-OH is 1. The van der Waals surface area contributed by atoms with Crippen molar-refractivity contribution in [2.75, 3.05) is 0 Å². The van der Waals surface area contributed by atoms with Crippen LogP contribution in [0, 0.1) is 0 Å². The minimum atomic E-state index is -2.75. The van der Waals surface area contributed by atoms with Gasteiger partial charge in [0.15, 0.2) is 0 Å². The average Bonchev–Trinajstić information content (AvgIpc) is 2.17. The molecule has 1 aromatic heterocycles. The fourth-order valence-corrected chi connectivity index (χ4v) is 1.27. The van der Waals surface area contributed by atoms with E-state index in [1.54, 1.807) is 0 Å². The van der Waals surface area contributed by atoms with Crippen LogP contribution in [-0.2, 0) is 13.2 Å². The third kappa shape index (κ3) is 2.17. The summed E-state index contributed by atoms with van der Waals surface area (Å²) in [4.78, 5) is 3.49. The largest absolute Gasteiger partial charge is 0.392 e. The van der Waals surface area contributed by atoms with E-state index < -0.39 is 18.7 Å². The number of aromatic nitrogens is 1. The number of halogens is 3. The molecule has 1 heterocycles. The molecule has 1 aromatic rings. The number of hydrogen-bond donors (Lipinski definition) is 2. The van der Waals surface area contributed by atoms with E-state index in [2.05, 4.69) is 4.98 Å². The third-order valence-electron chi connectivity index (χ3n) is 1.76. The molecule has 0 aliphatic carbocycles. The topological polar surface area (TPSA) is 59.1 Å².